The highest BCUT2D eigenvalue weighted by atomic mass is 32.1. The van der Waals surface area contributed by atoms with Crippen LogP contribution in [0.4, 0.5) is 0 Å². The third kappa shape index (κ3) is 4.38. The molecule has 0 radical (unpaired) electrons. The first-order chi connectivity index (χ1) is 14.0. The number of hydrogen-bond acceptors (Lipinski definition) is 5. The van der Waals surface area contributed by atoms with Crippen LogP contribution in [-0.2, 0) is 17.8 Å². The summed E-state index contributed by atoms with van der Waals surface area (Å²) < 4.78 is 1.92. The predicted octanol–water partition coefficient (Wildman–Crippen LogP) is 3.29. The lowest BCUT2D eigenvalue weighted by Crippen LogP contribution is -2.39. The number of nitrogens with zero attached hydrogens (tertiary/aromatic N) is 1. The molecule has 0 bridgehead atoms. The van der Waals surface area contributed by atoms with E-state index in [1.807, 2.05) is 5.38 Å². The molecule has 3 aromatic rings. The Morgan fingerprint density at radius 2 is 1.93 bits per heavy atom. The van der Waals surface area contributed by atoms with Gasteiger partial charge in [0.2, 0.25) is 5.91 Å². The summed E-state index contributed by atoms with van der Waals surface area (Å²) in [4.78, 5) is 41.5. The van der Waals surface area contributed by atoms with Crippen LogP contribution in [0.5, 0.6) is 0 Å². The number of H-pyrrole nitrogens is 1. The fourth-order valence-corrected chi connectivity index (χ4v) is 5.81. The van der Waals surface area contributed by atoms with Gasteiger partial charge in [-0.05, 0) is 73.4 Å². The second-order valence-corrected chi connectivity index (χ2v) is 9.71. The lowest BCUT2D eigenvalue weighted by Gasteiger charge is -2.28. The lowest BCUT2D eigenvalue weighted by molar-refractivity contribution is -0.126. The summed E-state index contributed by atoms with van der Waals surface area (Å²) in [5, 5.41) is 6.98. The van der Waals surface area contributed by atoms with Crippen molar-refractivity contribution in [2.75, 3.05) is 6.54 Å². The van der Waals surface area contributed by atoms with Crippen molar-refractivity contribution in [2.24, 2.45) is 11.8 Å². The van der Waals surface area contributed by atoms with Crippen molar-refractivity contribution in [3.8, 4) is 0 Å². The highest BCUT2D eigenvalue weighted by Crippen LogP contribution is 2.29. The molecular formula is C21H25N3O3S2. The van der Waals surface area contributed by atoms with Crippen molar-refractivity contribution < 1.29 is 4.79 Å². The number of rotatable bonds is 6. The molecule has 154 valence electrons. The van der Waals surface area contributed by atoms with Crippen molar-refractivity contribution in [3.05, 3.63) is 54.2 Å². The molecule has 1 saturated carbocycles. The Kier molecular flexibility index (Phi) is 6.01. The van der Waals surface area contributed by atoms with Crippen molar-refractivity contribution in [1.29, 1.82) is 0 Å². The molecule has 8 heteroatoms. The van der Waals surface area contributed by atoms with Gasteiger partial charge in [-0.3, -0.25) is 14.2 Å². The average molecular weight is 432 g/mol. The van der Waals surface area contributed by atoms with Gasteiger partial charge in [0, 0.05) is 23.9 Å². The van der Waals surface area contributed by atoms with Gasteiger partial charge in [-0.15, -0.1) is 22.7 Å². The second kappa shape index (κ2) is 8.67. The molecule has 2 N–H and O–H groups in total. The Labute approximate surface area is 176 Å². The number of aromatic nitrogens is 2. The molecule has 0 aliphatic heterocycles. The maximum Gasteiger partial charge on any atom is 0.328 e. The van der Waals surface area contributed by atoms with Crippen molar-refractivity contribution >= 4 is 38.8 Å². The van der Waals surface area contributed by atoms with Gasteiger partial charge in [-0.1, -0.05) is 0 Å². The quantitative estimate of drug-likeness (QED) is 0.628. The average Bonchev–Trinajstić information content (AvgIpc) is 3.34. The first-order valence-electron chi connectivity index (χ1n) is 10.0. The number of amides is 1. The first-order valence-corrected chi connectivity index (χ1v) is 11.8. The largest absolute Gasteiger partial charge is 0.356 e. The van der Waals surface area contributed by atoms with Gasteiger partial charge in [-0.25, -0.2) is 4.79 Å². The van der Waals surface area contributed by atoms with E-state index in [1.54, 1.807) is 17.4 Å². The number of nitrogens with one attached hydrogen (secondary N) is 2. The van der Waals surface area contributed by atoms with Crippen LogP contribution in [0, 0.1) is 18.8 Å². The van der Waals surface area contributed by atoms with Gasteiger partial charge in [-0.2, -0.15) is 0 Å². The summed E-state index contributed by atoms with van der Waals surface area (Å²) in [6, 6.07) is 3.87. The Morgan fingerprint density at radius 3 is 2.66 bits per heavy atom. The van der Waals surface area contributed by atoms with Crippen LogP contribution >= 0.6 is 22.7 Å². The minimum Gasteiger partial charge on any atom is -0.356 e. The SMILES string of the molecule is Cc1ccsc1CCNC(=O)C1CCC(Cn2c(=O)[nH]c3ccsc3c2=O)CC1. The van der Waals surface area contributed by atoms with Crippen LogP contribution in [0.15, 0.2) is 32.5 Å². The van der Waals surface area contributed by atoms with E-state index in [9.17, 15) is 14.4 Å². The summed E-state index contributed by atoms with van der Waals surface area (Å²) in [5.74, 6) is 0.419. The van der Waals surface area contributed by atoms with E-state index in [1.165, 1.54) is 26.3 Å². The summed E-state index contributed by atoms with van der Waals surface area (Å²) in [7, 11) is 0. The van der Waals surface area contributed by atoms with E-state index in [0.717, 1.165) is 32.1 Å². The van der Waals surface area contributed by atoms with Gasteiger partial charge < -0.3 is 10.3 Å². The zero-order valence-corrected chi connectivity index (χ0v) is 18.0. The van der Waals surface area contributed by atoms with E-state index in [-0.39, 0.29) is 29.0 Å². The number of hydrogen-bond donors (Lipinski definition) is 2. The van der Waals surface area contributed by atoms with Crippen molar-refractivity contribution in [3.63, 3.8) is 0 Å². The third-order valence-corrected chi connectivity index (χ3v) is 7.85. The normalized spacial score (nSPS) is 19.5. The highest BCUT2D eigenvalue weighted by molar-refractivity contribution is 7.17. The molecule has 0 spiro atoms. The molecule has 1 fully saturated rings. The molecule has 1 amide bonds. The smallest absolute Gasteiger partial charge is 0.328 e. The number of carbonyl (C=O) groups is 1. The van der Waals surface area contributed by atoms with Crippen LogP contribution in [-0.4, -0.2) is 22.0 Å². The molecular weight excluding hydrogens is 406 g/mol. The zero-order chi connectivity index (χ0) is 20.4. The maximum atomic E-state index is 12.6. The molecule has 6 nitrogen and oxygen atoms in total. The molecule has 1 aliphatic carbocycles. The third-order valence-electron chi connectivity index (χ3n) is 5.87. The fourth-order valence-electron chi connectivity index (χ4n) is 4.11. The number of aromatic amines is 1. The molecule has 0 saturated heterocycles. The summed E-state index contributed by atoms with van der Waals surface area (Å²) in [6.45, 7) is 3.20. The minimum atomic E-state index is -0.343. The zero-order valence-electron chi connectivity index (χ0n) is 16.4. The highest BCUT2D eigenvalue weighted by Gasteiger charge is 2.27. The van der Waals surface area contributed by atoms with Crippen LogP contribution in [0.3, 0.4) is 0 Å². The maximum absolute atomic E-state index is 12.6. The first kappa shape index (κ1) is 20.1. The molecule has 4 rings (SSSR count). The van der Waals surface area contributed by atoms with Crippen molar-refractivity contribution in [2.45, 2.75) is 45.6 Å². The molecule has 0 aromatic carbocycles. The summed E-state index contributed by atoms with van der Waals surface area (Å²) in [5.41, 5.74) is 1.35. The van der Waals surface area contributed by atoms with Gasteiger partial charge in [0.05, 0.1) is 5.52 Å². The monoisotopic (exact) mass is 431 g/mol. The number of aryl methyl sites for hydroxylation is 1. The van der Waals surface area contributed by atoms with Crippen LogP contribution in [0.2, 0.25) is 0 Å². The minimum absolute atomic E-state index is 0.0328. The van der Waals surface area contributed by atoms with Crippen LogP contribution in [0.1, 0.15) is 36.1 Å². The summed E-state index contributed by atoms with van der Waals surface area (Å²) >= 11 is 3.09. The number of fused-ring (bicyclic) bond motifs is 1. The van der Waals surface area contributed by atoms with E-state index in [4.69, 9.17) is 0 Å². The predicted molar refractivity (Wildman–Crippen MR) is 118 cm³/mol. The van der Waals surface area contributed by atoms with Gasteiger partial charge in [0.15, 0.2) is 0 Å². The molecule has 1 aliphatic rings. The van der Waals surface area contributed by atoms with Crippen molar-refractivity contribution in [1.82, 2.24) is 14.9 Å². The molecule has 0 unspecified atom stereocenters. The van der Waals surface area contributed by atoms with Gasteiger partial charge in [0.25, 0.3) is 5.56 Å². The Morgan fingerprint density at radius 1 is 1.17 bits per heavy atom. The molecule has 3 heterocycles. The van der Waals surface area contributed by atoms with Crippen LogP contribution in [0.25, 0.3) is 10.2 Å². The van der Waals surface area contributed by atoms with E-state index in [0.29, 0.717) is 23.3 Å². The Hall–Kier alpha value is -2.19. The Balaban J connectivity index is 1.29. The van der Waals surface area contributed by atoms with Gasteiger partial charge >= 0.3 is 5.69 Å². The van der Waals surface area contributed by atoms with Crippen LogP contribution < -0.4 is 16.6 Å². The summed E-state index contributed by atoms with van der Waals surface area (Å²) in [6.07, 6.45) is 4.21. The second-order valence-electron chi connectivity index (χ2n) is 7.79. The van der Waals surface area contributed by atoms with E-state index in [2.05, 4.69) is 28.7 Å². The number of thiophene rings is 2. The fraction of sp³-hybridized carbons (Fsp3) is 0.476. The Bertz CT molecular complexity index is 1120. The topological polar surface area (TPSA) is 84.0 Å². The molecule has 3 aromatic heterocycles. The van der Waals surface area contributed by atoms with E-state index >= 15 is 0 Å². The lowest BCUT2D eigenvalue weighted by atomic mass is 9.81. The number of carbonyl (C=O) groups excluding carboxylic acids is 1. The van der Waals surface area contributed by atoms with E-state index < -0.39 is 0 Å². The van der Waals surface area contributed by atoms with Gasteiger partial charge in [0.1, 0.15) is 4.70 Å². The molecule has 29 heavy (non-hydrogen) atoms. The molecule has 0 atom stereocenters. The standard InChI is InChI=1S/C21H25N3O3S2/c1-13-7-10-28-17(13)6-9-22-19(25)15-4-2-14(3-5-15)12-24-20(26)18-16(8-11-29-18)23-21(24)27/h7-8,10-11,14-15H,2-6,9,12H2,1H3,(H,22,25)(H,23,27).